The van der Waals surface area contributed by atoms with Gasteiger partial charge in [-0.25, -0.2) is 0 Å². The highest BCUT2D eigenvalue weighted by molar-refractivity contribution is 5.71. The lowest BCUT2D eigenvalue weighted by Gasteiger charge is -2.36. The molecule has 0 aliphatic heterocycles. The van der Waals surface area contributed by atoms with Crippen molar-refractivity contribution in [3.63, 3.8) is 0 Å². The fourth-order valence-electron chi connectivity index (χ4n) is 2.40. The normalized spacial score (nSPS) is 25.8. The van der Waals surface area contributed by atoms with E-state index in [4.69, 9.17) is 4.74 Å². The molecule has 1 aliphatic carbocycles. The third-order valence-corrected chi connectivity index (χ3v) is 3.23. The summed E-state index contributed by atoms with van der Waals surface area (Å²) in [7, 11) is 1.41. The summed E-state index contributed by atoms with van der Waals surface area (Å²) < 4.78 is 4.69. The molecule has 0 bridgehead atoms. The van der Waals surface area contributed by atoms with Crippen molar-refractivity contribution in [1.29, 1.82) is 0 Å². The lowest BCUT2D eigenvalue weighted by molar-refractivity contribution is -0.143. The number of carbonyl (C=O) groups is 1. The fourth-order valence-corrected chi connectivity index (χ4v) is 2.40. The van der Waals surface area contributed by atoms with Gasteiger partial charge in [-0.05, 0) is 25.8 Å². The van der Waals surface area contributed by atoms with Crippen LogP contribution in [0.25, 0.3) is 0 Å². The SMILES string of the molecule is CCCN(CC(=O)OC)C1CCCCC1O. The van der Waals surface area contributed by atoms with Crippen LogP contribution in [0.1, 0.15) is 39.0 Å². The molecule has 0 spiro atoms. The van der Waals surface area contributed by atoms with Crippen LogP contribution in [0.5, 0.6) is 0 Å². The van der Waals surface area contributed by atoms with Gasteiger partial charge in [-0.3, -0.25) is 9.69 Å². The smallest absolute Gasteiger partial charge is 0.319 e. The van der Waals surface area contributed by atoms with Crippen LogP contribution < -0.4 is 0 Å². The molecule has 1 fully saturated rings. The molecule has 1 aliphatic rings. The van der Waals surface area contributed by atoms with Gasteiger partial charge in [0.15, 0.2) is 0 Å². The van der Waals surface area contributed by atoms with Gasteiger partial charge in [0.25, 0.3) is 0 Å². The quantitative estimate of drug-likeness (QED) is 0.719. The molecule has 94 valence electrons. The van der Waals surface area contributed by atoms with Crippen molar-refractivity contribution in [3.8, 4) is 0 Å². The number of aliphatic hydroxyl groups is 1. The van der Waals surface area contributed by atoms with Crippen LogP contribution in [0.3, 0.4) is 0 Å². The van der Waals surface area contributed by atoms with Gasteiger partial charge in [0.05, 0.1) is 19.8 Å². The molecule has 4 heteroatoms. The van der Waals surface area contributed by atoms with Crippen LogP contribution in [0.15, 0.2) is 0 Å². The van der Waals surface area contributed by atoms with E-state index in [1.165, 1.54) is 7.11 Å². The number of hydrogen-bond donors (Lipinski definition) is 1. The predicted octanol–water partition coefficient (Wildman–Crippen LogP) is 1.17. The zero-order chi connectivity index (χ0) is 12.0. The number of esters is 1. The Labute approximate surface area is 97.6 Å². The van der Waals surface area contributed by atoms with Gasteiger partial charge in [0, 0.05) is 6.04 Å². The Morgan fingerprint density at radius 3 is 2.69 bits per heavy atom. The van der Waals surface area contributed by atoms with Crippen LogP contribution >= 0.6 is 0 Å². The number of carbonyl (C=O) groups excluding carboxylic acids is 1. The first kappa shape index (κ1) is 13.5. The molecule has 16 heavy (non-hydrogen) atoms. The van der Waals surface area contributed by atoms with Crippen molar-refractivity contribution in [2.75, 3.05) is 20.2 Å². The minimum atomic E-state index is -0.287. The zero-order valence-electron chi connectivity index (χ0n) is 10.3. The van der Waals surface area contributed by atoms with Crippen LogP contribution in [0.2, 0.25) is 0 Å². The highest BCUT2D eigenvalue weighted by atomic mass is 16.5. The second-order valence-electron chi connectivity index (χ2n) is 4.47. The van der Waals surface area contributed by atoms with Crippen LogP contribution in [0, 0.1) is 0 Å². The Balaban J connectivity index is 2.56. The van der Waals surface area contributed by atoms with E-state index in [1.807, 2.05) is 0 Å². The van der Waals surface area contributed by atoms with Crippen molar-refractivity contribution < 1.29 is 14.6 Å². The molecule has 4 nitrogen and oxygen atoms in total. The summed E-state index contributed by atoms with van der Waals surface area (Å²) in [5.41, 5.74) is 0. The number of nitrogens with zero attached hydrogens (tertiary/aromatic N) is 1. The molecule has 0 aromatic heterocycles. The van der Waals surface area contributed by atoms with Gasteiger partial charge < -0.3 is 9.84 Å². The van der Waals surface area contributed by atoms with E-state index in [-0.39, 0.29) is 18.1 Å². The van der Waals surface area contributed by atoms with Crippen molar-refractivity contribution in [2.45, 2.75) is 51.2 Å². The topological polar surface area (TPSA) is 49.8 Å². The molecular formula is C12H23NO3. The van der Waals surface area contributed by atoms with Gasteiger partial charge in [-0.15, -0.1) is 0 Å². The van der Waals surface area contributed by atoms with Crippen LogP contribution in [-0.2, 0) is 9.53 Å². The average Bonchev–Trinajstić information content (AvgIpc) is 2.29. The molecule has 1 saturated carbocycles. The van der Waals surface area contributed by atoms with Crippen molar-refractivity contribution in [3.05, 3.63) is 0 Å². The minimum Gasteiger partial charge on any atom is -0.468 e. The maximum atomic E-state index is 11.3. The summed E-state index contributed by atoms with van der Waals surface area (Å²) in [6.07, 6.45) is 4.77. The first-order valence-electron chi connectivity index (χ1n) is 6.18. The Hall–Kier alpha value is -0.610. The number of aliphatic hydroxyl groups excluding tert-OH is 1. The lowest BCUT2D eigenvalue weighted by Crippen LogP contribution is -2.48. The Kier molecular flexibility index (Phi) is 5.77. The van der Waals surface area contributed by atoms with E-state index in [9.17, 15) is 9.90 Å². The molecule has 0 aromatic carbocycles. The Morgan fingerprint density at radius 1 is 1.44 bits per heavy atom. The number of rotatable bonds is 5. The molecule has 2 atom stereocenters. The van der Waals surface area contributed by atoms with E-state index in [1.54, 1.807) is 0 Å². The van der Waals surface area contributed by atoms with Crippen molar-refractivity contribution in [2.24, 2.45) is 0 Å². The van der Waals surface area contributed by atoms with Gasteiger partial charge in [-0.1, -0.05) is 19.8 Å². The largest absolute Gasteiger partial charge is 0.468 e. The van der Waals surface area contributed by atoms with E-state index in [2.05, 4.69) is 11.8 Å². The molecule has 0 aromatic rings. The summed E-state index contributed by atoms with van der Waals surface area (Å²) in [5.74, 6) is -0.216. The summed E-state index contributed by atoms with van der Waals surface area (Å²) in [5, 5.41) is 9.96. The van der Waals surface area contributed by atoms with Gasteiger partial charge in [0.1, 0.15) is 0 Å². The maximum absolute atomic E-state index is 11.3. The predicted molar refractivity (Wildman–Crippen MR) is 62.1 cm³/mol. The molecule has 0 heterocycles. The zero-order valence-corrected chi connectivity index (χ0v) is 10.3. The molecular weight excluding hydrogens is 206 g/mol. The second kappa shape index (κ2) is 6.86. The molecule has 0 radical (unpaired) electrons. The molecule has 2 unspecified atom stereocenters. The summed E-state index contributed by atoms with van der Waals surface area (Å²) in [6, 6.07) is 0.132. The highest BCUT2D eigenvalue weighted by Gasteiger charge is 2.29. The molecule has 1 N–H and O–H groups in total. The highest BCUT2D eigenvalue weighted by Crippen LogP contribution is 2.23. The third kappa shape index (κ3) is 3.76. The number of hydrogen-bond acceptors (Lipinski definition) is 4. The van der Waals surface area contributed by atoms with E-state index in [0.717, 1.165) is 38.6 Å². The van der Waals surface area contributed by atoms with E-state index in [0.29, 0.717) is 6.54 Å². The monoisotopic (exact) mass is 229 g/mol. The van der Waals surface area contributed by atoms with Crippen molar-refractivity contribution >= 4 is 5.97 Å². The van der Waals surface area contributed by atoms with Crippen molar-refractivity contribution in [1.82, 2.24) is 4.90 Å². The third-order valence-electron chi connectivity index (χ3n) is 3.23. The first-order valence-corrected chi connectivity index (χ1v) is 6.18. The summed E-state index contributed by atoms with van der Waals surface area (Å²) in [6.45, 7) is 3.22. The van der Waals surface area contributed by atoms with Crippen LogP contribution in [-0.4, -0.2) is 48.3 Å². The summed E-state index contributed by atoms with van der Waals surface area (Å²) >= 11 is 0. The molecule has 1 rings (SSSR count). The number of methoxy groups -OCH3 is 1. The Bertz CT molecular complexity index is 220. The van der Waals surface area contributed by atoms with E-state index < -0.39 is 0 Å². The van der Waals surface area contributed by atoms with Gasteiger partial charge in [-0.2, -0.15) is 0 Å². The van der Waals surface area contributed by atoms with Gasteiger partial charge in [0.2, 0.25) is 0 Å². The fraction of sp³-hybridized carbons (Fsp3) is 0.917. The molecule has 0 saturated heterocycles. The number of ether oxygens (including phenoxy) is 1. The first-order chi connectivity index (χ1) is 7.69. The van der Waals surface area contributed by atoms with Gasteiger partial charge >= 0.3 is 5.97 Å². The molecule has 0 amide bonds. The minimum absolute atomic E-state index is 0.132. The lowest BCUT2D eigenvalue weighted by atomic mass is 9.91. The standard InChI is InChI=1S/C12H23NO3/c1-3-8-13(9-12(15)16-2)10-6-4-5-7-11(10)14/h10-11,14H,3-9H2,1-2H3. The van der Waals surface area contributed by atoms with Crippen LogP contribution in [0.4, 0.5) is 0 Å². The Morgan fingerprint density at radius 2 is 2.12 bits per heavy atom. The summed E-state index contributed by atoms with van der Waals surface area (Å²) in [4.78, 5) is 13.4. The second-order valence-corrected chi connectivity index (χ2v) is 4.47. The average molecular weight is 229 g/mol. The van der Waals surface area contributed by atoms with E-state index >= 15 is 0 Å². The maximum Gasteiger partial charge on any atom is 0.319 e.